The second kappa shape index (κ2) is 13.0. The SMILES string of the molecule is CC(c1ccccc1)N1CCC(NC(=NCC(=O)N(C)C)NCc2cccs2)CC1.I. The van der Waals surface area contributed by atoms with E-state index < -0.39 is 0 Å². The van der Waals surface area contributed by atoms with Crippen molar-refractivity contribution >= 4 is 47.2 Å². The summed E-state index contributed by atoms with van der Waals surface area (Å²) in [5, 5.41) is 9.02. The Morgan fingerprint density at radius 3 is 2.52 bits per heavy atom. The molecule has 0 spiro atoms. The molecule has 1 fully saturated rings. The number of rotatable bonds is 7. The molecular formula is C23H34IN5OS. The smallest absolute Gasteiger partial charge is 0.243 e. The van der Waals surface area contributed by atoms with Gasteiger partial charge in [0.25, 0.3) is 0 Å². The van der Waals surface area contributed by atoms with E-state index in [4.69, 9.17) is 0 Å². The number of guanidine groups is 1. The molecule has 31 heavy (non-hydrogen) atoms. The number of nitrogens with zero attached hydrogens (tertiary/aromatic N) is 3. The summed E-state index contributed by atoms with van der Waals surface area (Å²) in [6.07, 6.45) is 2.11. The highest BCUT2D eigenvalue weighted by Crippen LogP contribution is 2.24. The number of nitrogens with one attached hydrogen (secondary N) is 2. The first-order chi connectivity index (χ1) is 14.5. The van der Waals surface area contributed by atoms with Crippen molar-refractivity contribution in [1.29, 1.82) is 0 Å². The zero-order valence-corrected chi connectivity index (χ0v) is 21.7. The minimum atomic E-state index is -0.00118. The number of carbonyl (C=O) groups excluding carboxylic acids is 1. The molecule has 1 aromatic heterocycles. The number of halogens is 1. The highest BCUT2D eigenvalue weighted by atomic mass is 127. The molecule has 170 valence electrons. The van der Waals surface area contributed by atoms with Crippen molar-refractivity contribution in [3.63, 3.8) is 0 Å². The number of piperidine rings is 1. The van der Waals surface area contributed by atoms with Gasteiger partial charge in [-0.1, -0.05) is 36.4 Å². The number of carbonyl (C=O) groups is 1. The Kier molecular flexibility index (Phi) is 10.8. The molecule has 2 aromatic rings. The Labute approximate surface area is 207 Å². The standard InChI is InChI=1S/C23H33N5OS.HI/c1-18(19-8-5-4-6-9-19)28-13-11-20(12-14-28)26-23(25-17-22(29)27(2)3)24-16-21-10-7-15-30-21;/h4-10,15,18,20H,11-14,16-17H2,1-3H3,(H2,24,25,26);1H. The second-order valence-electron chi connectivity index (χ2n) is 7.93. The van der Waals surface area contributed by atoms with Crippen molar-refractivity contribution in [3.8, 4) is 0 Å². The molecule has 2 N–H and O–H groups in total. The Morgan fingerprint density at radius 1 is 1.19 bits per heavy atom. The van der Waals surface area contributed by atoms with Crippen LogP contribution in [0, 0.1) is 0 Å². The van der Waals surface area contributed by atoms with Crippen LogP contribution in [-0.4, -0.2) is 61.4 Å². The summed E-state index contributed by atoms with van der Waals surface area (Å²) < 4.78 is 0. The maximum Gasteiger partial charge on any atom is 0.243 e. The zero-order valence-electron chi connectivity index (χ0n) is 18.6. The van der Waals surface area contributed by atoms with E-state index in [0.29, 0.717) is 24.6 Å². The fourth-order valence-electron chi connectivity index (χ4n) is 3.59. The molecule has 1 aliphatic rings. The third kappa shape index (κ3) is 8.08. The number of aliphatic imine (C=N–C) groups is 1. The quantitative estimate of drug-likeness (QED) is 0.311. The molecule has 1 amide bonds. The molecule has 0 bridgehead atoms. The normalized spacial score (nSPS) is 16.3. The first-order valence-electron chi connectivity index (χ1n) is 10.6. The van der Waals surface area contributed by atoms with Crippen LogP contribution in [0.3, 0.4) is 0 Å². The molecule has 1 atom stereocenters. The maximum absolute atomic E-state index is 12.0. The minimum Gasteiger partial charge on any atom is -0.354 e. The number of hydrogen-bond donors (Lipinski definition) is 2. The number of thiophene rings is 1. The van der Waals surface area contributed by atoms with Gasteiger partial charge in [0.15, 0.2) is 5.96 Å². The van der Waals surface area contributed by atoms with E-state index in [0.717, 1.165) is 25.9 Å². The molecule has 6 nitrogen and oxygen atoms in total. The summed E-state index contributed by atoms with van der Waals surface area (Å²) >= 11 is 1.71. The van der Waals surface area contributed by atoms with E-state index in [1.54, 1.807) is 30.3 Å². The average molecular weight is 556 g/mol. The van der Waals surface area contributed by atoms with Crippen molar-refractivity contribution < 1.29 is 4.79 Å². The van der Waals surface area contributed by atoms with E-state index in [1.165, 1.54) is 10.4 Å². The Balaban J connectivity index is 0.00000341. The van der Waals surface area contributed by atoms with Crippen LogP contribution in [-0.2, 0) is 11.3 Å². The second-order valence-corrected chi connectivity index (χ2v) is 8.96. The highest BCUT2D eigenvalue weighted by molar-refractivity contribution is 14.0. The molecule has 1 unspecified atom stereocenters. The van der Waals surface area contributed by atoms with Crippen molar-refractivity contribution in [2.75, 3.05) is 33.7 Å². The predicted molar refractivity (Wildman–Crippen MR) is 140 cm³/mol. The number of benzene rings is 1. The third-order valence-corrected chi connectivity index (χ3v) is 6.46. The van der Waals surface area contributed by atoms with E-state index in [9.17, 15) is 4.79 Å². The predicted octanol–water partition coefficient (Wildman–Crippen LogP) is 3.72. The van der Waals surface area contributed by atoms with Gasteiger partial charge in [0.05, 0.1) is 6.54 Å². The molecule has 0 aliphatic carbocycles. The lowest BCUT2D eigenvalue weighted by molar-refractivity contribution is -0.127. The Morgan fingerprint density at radius 2 is 1.90 bits per heavy atom. The van der Waals surface area contributed by atoms with E-state index >= 15 is 0 Å². The maximum atomic E-state index is 12.0. The van der Waals surface area contributed by atoms with Crippen molar-refractivity contribution in [3.05, 3.63) is 58.3 Å². The van der Waals surface area contributed by atoms with Gasteiger partial charge in [-0.3, -0.25) is 9.69 Å². The van der Waals surface area contributed by atoms with Gasteiger partial charge in [0.1, 0.15) is 6.54 Å². The van der Waals surface area contributed by atoms with Gasteiger partial charge in [0.2, 0.25) is 5.91 Å². The molecule has 1 aliphatic heterocycles. The molecule has 0 saturated carbocycles. The van der Waals surface area contributed by atoms with Gasteiger partial charge in [-0.05, 0) is 36.8 Å². The van der Waals surface area contributed by atoms with Gasteiger partial charge in [-0.25, -0.2) is 4.99 Å². The Bertz CT molecular complexity index is 805. The van der Waals surface area contributed by atoms with Gasteiger partial charge < -0.3 is 15.5 Å². The van der Waals surface area contributed by atoms with Gasteiger partial charge in [-0.15, -0.1) is 35.3 Å². The number of likely N-dealkylation sites (tertiary alicyclic amines) is 1. The van der Waals surface area contributed by atoms with Crippen LogP contribution in [0.4, 0.5) is 0 Å². The summed E-state index contributed by atoms with van der Waals surface area (Å²) in [5.41, 5.74) is 1.37. The molecule has 8 heteroatoms. The fraction of sp³-hybridized carbons (Fsp3) is 0.478. The van der Waals surface area contributed by atoms with Crippen LogP contribution in [0.2, 0.25) is 0 Å². The topological polar surface area (TPSA) is 60.0 Å². The van der Waals surface area contributed by atoms with Crippen LogP contribution in [0.1, 0.15) is 36.2 Å². The summed E-state index contributed by atoms with van der Waals surface area (Å²) in [6.45, 7) is 5.23. The van der Waals surface area contributed by atoms with Crippen LogP contribution >= 0.6 is 35.3 Å². The molecule has 1 saturated heterocycles. The third-order valence-electron chi connectivity index (χ3n) is 5.58. The van der Waals surface area contributed by atoms with Crippen LogP contribution in [0.5, 0.6) is 0 Å². The summed E-state index contributed by atoms with van der Waals surface area (Å²) in [5.74, 6) is 0.715. The monoisotopic (exact) mass is 555 g/mol. The zero-order chi connectivity index (χ0) is 21.3. The molecular weight excluding hydrogens is 521 g/mol. The lowest BCUT2D eigenvalue weighted by Crippen LogP contribution is -2.49. The fourth-order valence-corrected chi connectivity index (χ4v) is 4.24. The summed E-state index contributed by atoms with van der Waals surface area (Å²) in [6, 6.07) is 15.6. The molecule has 0 radical (unpaired) electrons. The molecule has 1 aromatic carbocycles. The first kappa shape index (κ1) is 25.6. The largest absolute Gasteiger partial charge is 0.354 e. The van der Waals surface area contributed by atoms with Crippen LogP contribution in [0.25, 0.3) is 0 Å². The summed E-state index contributed by atoms with van der Waals surface area (Å²) in [4.78, 5) is 21.9. The van der Waals surface area contributed by atoms with Crippen molar-refractivity contribution in [2.45, 2.75) is 38.4 Å². The number of likely N-dealkylation sites (N-methyl/N-ethyl adjacent to an activating group) is 1. The van der Waals surface area contributed by atoms with E-state index in [2.05, 4.69) is 69.2 Å². The van der Waals surface area contributed by atoms with Crippen LogP contribution in [0.15, 0.2) is 52.8 Å². The average Bonchev–Trinajstić information content (AvgIpc) is 3.29. The van der Waals surface area contributed by atoms with Gasteiger partial charge >= 0.3 is 0 Å². The lowest BCUT2D eigenvalue weighted by atomic mass is 10.0. The van der Waals surface area contributed by atoms with Crippen molar-refractivity contribution in [1.82, 2.24) is 20.4 Å². The van der Waals surface area contributed by atoms with Gasteiger partial charge in [-0.2, -0.15) is 0 Å². The molecule has 3 rings (SSSR count). The minimum absolute atomic E-state index is 0. The number of hydrogen-bond acceptors (Lipinski definition) is 4. The lowest BCUT2D eigenvalue weighted by Gasteiger charge is -2.37. The van der Waals surface area contributed by atoms with E-state index in [-0.39, 0.29) is 36.4 Å². The van der Waals surface area contributed by atoms with Gasteiger partial charge in [0, 0.05) is 44.1 Å². The Hall–Kier alpha value is -1.65. The van der Waals surface area contributed by atoms with Crippen LogP contribution < -0.4 is 10.6 Å². The summed E-state index contributed by atoms with van der Waals surface area (Å²) in [7, 11) is 3.52. The van der Waals surface area contributed by atoms with E-state index in [1.807, 2.05) is 6.07 Å². The highest BCUT2D eigenvalue weighted by Gasteiger charge is 2.24. The molecule has 2 heterocycles. The first-order valence-corrected chi connectivity index (χ1v) is 11.5. The van der Waals surface area contributed by atoms with Crippen molar-refractivity contribution in [2.24, 2.45) is 4.99 Å². The number of amides is 1.